The number of unbranched alkanes of at least 4 members (excludes halogenated alkanes) is 3. The van der Waals surface area contributed by atoms with Crippen LogP contribution in [0.5, 0.6) is 0 Å². The first-order valence-electron chi connectivity index (χ1n) is 11.3. The molecule has 0 aromatic carbocycles. The lowest BCUT2D eigenvalue weighted by Crippen LogP contribution is -2.67. The van der Waals surface area contributed by atoms with Gasteiger partial charge in [0, 0.05) is 19.2 Å². The van der Waals surface area contributed by atoms with E-state index in [9.17, 15) is 19.5 Å². The van der Waals surface area contributed by atoms with Gasteiger partial charge in [-0.1, -0.05) is 19.8 Å². The monoisotopic (exact) mass is 456 g/mol. The molecule has 0 aliphatic carbocycles. The van der Waals surface area contributed by atoms with Gasteiger partial charge in [0.05, 0.1) is 13.2 Å². The van der Waals surface area contributed by atoms with Gasteiger partial charge in [0.1, 0.15) is 6.04 Å². The summed E-state index contributed by atoms with van der Waals surface area (Å²) in [6, 6.07) is -0.681. The molecule has 0 bridgehead atoms. The third-order valence-corrected chi connectivity index (χ3v) is 5.23. The smallest absolute Gasteiger partial charge is 0.409 e. The van der Waals surface area contributed by atoms with Crippen LogP contribution in [0.3, 0.4) is 0 Å². The third-order valence-electron chi connectivity index (χ3n) is 5.23. The zero-order valence-electron chi connectivity index (χ0n) is 18.7. The van der Waals surface area contributed by atoms with Crippen molar-refractivity contribution in [2.24, 2.45) is 4.99 Å². The van der Waals surface area contributed by atoms with E-state index in [0.29, 0.717) is 38.8 Å². The van der Waals surface area contributed by atoms with E-state index in [4.69, 9.17) is 9.57 Å². The van der Waals surface area contributed by atoms with Crippen molar-refractivity contribution in [2.75, 3.05) is 26.3 Å². The van der Waals surface area contributed by atoms with Crippen LogP contribution >= 0.6 is 0 Å². The zero-order valence-corrected chi connectivity index (χ0v) is 18.7. The number of carboxylic acid groups (broad SMARTS) is 1. The van der Waals surface area contributed by atoms with E-state index in [1.165, 1.54) is 0 Å². The average molecular weight is 457 g/mol. The minimum absolute atomic E-state index is 0.0182. The van der Waals surface area contributed by atoms with E-state index in [1.54, 1.807) is 0 Å². The van der Waals surface area contributed by atoms with Crippen molar-refractivity contribution < 1.29 is 29.1 Å². The number of nitrogens with zero attached hydrogens (tertiary/aromatic N) is 1. The summed E-state index contributed by atoms with van der Waals surface area (Å²) in [4.78, 5) is 46.3. The van der Waals surface area contributed by atoms with Crippen molar-refractivity contribution >= 4 is 24.2 Å². The molecule has 0 radical (unpaired) electrons. The van der Waals surface area contributed by atoms with Gasteiger partial charge >= 0.3 is 12.1 Å². The molecule has 12 nitrogen and oxygen atoms in total. The Morgan fingerprint density at radius 3 is 2.75 bits per heavy atom. The fourth-order valence-corrected chi connectivity index (χ4v) is 3.34. The van der Waals surface area contributed by atoms with E-state index in [-0.39, 0.29) is 19.3 Å². The van der Waals surface area contributed by atoms with E-state index >= 15 is 0 Å². The second kappa shape index (κ2) is 14.0. The van der Waals surface area contributed by atoms with Gasteiger partial charge in [-0.25, -0.2) is 9.59 Å². The van der Waals surface area contributed by atoms with Gasteiger partial charge in [0.15, 0.2) is 6.29 Å². The Morgan fingerprint density at radius 1 is 1.25 bits per heavy atom. The summed E-state index contributed by atoms with van der Waals surface area (Å²) in [5.74, 6) is -1.90. The molecular formula is C20H36N6O6. The number of carbonyl (C=O) groups excluding carboxylic acids is 2. The second-order valence-corrected chi connectivity index (χ2v) is 7.86. The highest BCUT2D eigenvalue weighted by Gasteiger charge is 2.43. The number of amides is 2. The Balaban J connectivity index is 1.90. The van der Waals surface area contributed by atoms with Crippen LogP contribution in [0.4, 0.5) is 4.79 Å². The molecule has 3 atom stereocenters. The molecule has 2 rings (SSSR count). The summed E-state index contributed by atoms with van der Waals surface area (Å²) in [6.45, 7) is 4.05. The van der Waals surface area contributed by atoms with Crippen LogP contribution in [-0.2, 0) is 19.2 Å². The van der Waals surface area contributed by atoms with Crippen LogP contribution in [0.25, 0.3) is 0 Å². The first-order valence-corrected chi connectivity index (χ1v) is 11.3. The molecule has 12 heteroatoms. The van der Waals surface area contributed by atoms with Crippen molar-refractivity contribution in [3.8, 4) is 0 Å². The summed E-state index contributed by atoms with van der Waals surface area (Å²) < 4.78 is 5.07. The molecule has 2 amide bonds. The number of carbonyl (C=O) groups is 3. The standard InChI is InChI=1S/C20H36N6O6/c1-2-3-13-31-19(30)25-20(17(28)29,24-16(27)15-8-14-32-26-15)9-5-4-6-10-21-18-22-11-7-12-23-18/h11,15,18,21,23,26H,2-10,12-14H2,1H3,(H,24,27)(H,25,30)(H,28,29). The Bertz CT molecular complexity index is 642. The van der Waals surface area contributed by atoms with Crippen molar-refractivity contribution in [2.45, 2.75) is 76.3 Å². The number of hydrogen-bond donors (Lipinski definition) is 6. The number of hydroxylamine groups is 1. The molecule has 0 saturated carbocycles. The van der Waals surface area contributed by atoms with E-state index in [1.807, 2.05) is 13.1 Å². The zero-order chi connectivity index (χ0) is 23.2. The predicted octanol–water partition coefficient (Wildman–Crippen LogP) is 0.201. The average Bonchev–Trinajstić information content (AvgIpc) is 3.32. The lowest BCUT2D eigenvalue weighted by molar-refractivity contribution is -0.150. The second-order valence-electron chi connectivity index (χ2n) is 7.86. The van der Waals surface area contributed by atoms with Crippen molar-refractivity contribution in [3.63, 3.8) is 0 Å². The number of nitrogens with one attached hydrogen (secondary N) is 5. The number of ether oxygens (including phenoxy) is 1. The molecule has 2 aliphatic heterocycles. The van der Waals surface area contributed by atoms with E-state index < -0.39 is 29.7 Å². The van der Waals surface area contributed by atoms with Crippen LogP contribution in [0.15, 0.2) is 4.99 Å². The predicted molar refractivity (Wildman–Crippen MR) is 117 cm³/mol. The molecule has 0 aromatic heterocycles. The summed E-state index contributed by atoms with van der Waals surface area (Å²) in [6.07, 6.45) is 5.71. The highest BCUT2D eigenvalue weighted by Crippen LogP contribution is 2.16. The first-order chi connectivity index (χ1) is 15.5. The summed E-state index contributed by atoms with van der Waals surface area (Å²) in [7, 11) is 0. The SMILES string of the molecule is CCCCOC(=O)NC(CCCCCNC1N=CCCN1)(NC(=O)C1CCON1)C(=O)O. The highest BCUT2D eigenvalue weighted by molar-refractivity contribution is 5.91. The van der Waals surface area contributed by atoms with Crippen molar-refractivity contribution in [3.05, 3.63) is 0 Å². The highest BCUT2D eigenvalue weighted by atomic mass is 16.7. The maximum absolute atomic E-state index is 12.6. The number of aliphatic carboxylic acids is 1. The number of rotatable bonds is 14. The van der Waals surface area contributed by atoms with Gasteiger partial charge < -0.3 is 20.0 Å². The summed E-state index contributed by atoms with van der Waals surface area (Å²) in [5, 5.41) is 21.3. The Labute approximate surface area is 188 Å². The lowest BCUT2D eigenvalue weighted by Gasteiger charge is -2.32. The Kier molecular flexibility index (Phi) is 11.4. The van der Waals surface area contributed by atoms with Gasteiger partial charge in [0.2, 0.25) is 11.6 Å². The van der Waals surface area contributed by atoms with Gasteiger partial charge in [0.25, 0.3) is 0 Å². The molecule has 2 aliphatic rings. The maximum atomic E-state index is 12.6. The molecule has 6 N–H and O–H groups in total. The van der Waals surface area contributed by atoms with E-state index in [2.05, 4.69) is 31.7 Å². The van der Waals surface area contributed by atoms with Crippen LogP contribution in [-0.4, -0.2) is 73.6 Å². The quantitative estimate of drug-likeness (QED) is 0.158. The van der Waals surface area contributed by atoms with Crippen molar-refractivity contribution in [1.82, 2.24) is 26.7 Å². The fourth-order valence-electron chi connectivity index (χ4n) is 3.34. The topological polar surface area (TPSA) is 162 Å². The molecule has 0 spiro atoms. The molecular weight excluding hydrogens is 420 g/mol. The lowest BCUT2D eigenvalue weighted by atomic mass is 10.00. The van der Waals surface area contributed by atoms with Crippen LogP contribution in [0.1, 0.15) is 58.3 Å². The molecule has 182 valence electrons. The van der Waals surface area contributed by atoms with E-state index in [0.717, 1.165) is 25.8 Å². The number of carboxylic acids is 1. The van der Waals surface area contributed by atoms with Crippen LogP contribution in [0, 0.1) is 0 Å². The Hall–Kier alpha value is -2.28. The molecule has 32 heavy (non-hydrogen) atoms. The van der Waals surface area contributed by atoms with Gasteiger partial charge in [-0.15, -0.1) is 0 Å². The van der Waals surface area contributed by atoms with Crippen LogP contribution in [0.2, 0.25) is 0 Å². The van der Waals surface area contributed by atoms with Gasteiger partial charge in [-0.3, -0.25) is 25.7 Å². The van der Waals surface area contributed by atoms with Crippen LogP contribution < -0.4 is 26.7 Å². The molecule has 1 fully saturated rings. The fraction of sp³-hybridized carbons (Fsp3) is 0.800. The Morgan fingerprint density at radius 2 is 2.09 bits per heavy atom. The van der Waals surface area contributed by atoms with Crippen molar-refractivity contribution in [1.29, 1.82) is 0 Å². The summed E-state index contributed by atoms with van der Waals surface area (Å²) in [5.41, 5.74) is 0.589. The number of aliphatic imine (C=N–C) groups is 1. The maximum Gasteiger partial charge on any atom is 0.409 e. The molecule has 1 saturated heterocycles. The van der Waals surface area contributed by atoms with Gasteiger partial charge in [-0.05, 0) is 38.6 Å². The molecule has 0 aromatic rings. The minimum atomic E-state index is -1.96. The number of hydrogen-bond acceptors (Lipinski definition) is 9. The molecule has 2 heterocycles. The largest absolute Gasteiger partial charge is 0.478 e. The number of alkyl carbamates (subject to hydrolysis) is 1. The first kappa shape index (κ1) is 26.0. The third kappa shape index (κ3) is 8.69. The normalized spacial score (nSPS) is 22.2. The minimum Gasteiger partial charge on any atom is -0.478 e. The molecule has 3 unspecified atom stereocenters. The van der Waals surface area contributed by atoms with Gasteiger partial charge in [-0.2, -0.15) is 5.48 Å². The summed E-state index contributed by atoms with van der Waals surface area (Å²) >= 11 is 0.